The van der Waals surface area contributed by atoms with E-state index >= 15 is 0 Å². The van der Waals surface area contributed by atoms with Crippen molar-refractivity contribution in [1.82, 2.24) is 20.0 Å². The Hall–Kier alpha value is -0.770. The fraction of sp³-hybridized carbons (Fsp3) is 0.682. The van der Waals surface area contributed by atoms with Crippen LogP contribution in [0.15, 0.2) is 23.2 Å². The van der Waals surface area contributed by atoms with Crippen molar-refractivity contribution in [3.63, 3.8) is 0 Å². The van der Waals surface area contributed by atoms with Gasteiger partial charge < -0.3 is 20.0 Å². The Morgan fingerprint density at radius 3 is 2.40 bits per heavy atom. The lowest BCUT2D eigenvalue weighted by atomic mass is 10.1. The zero-order chi connectivity index (χ0) is 20.8. The normalized spacial score (nSPS) is 20.1. The fourth-order valence-corrected chi connectivity index (χ4v) is 4.27. The van der Waals surface area contributed by atoms with Gasteiger partial charge in [-0.3, -0.25) is 9.89 Å². The predicted molar refractivity (Wildman–Crippen MR) is 140 cm³/mol. The van der Waals surface area contributed by atoms with Gasteiger partial charge >= 0.3 is 0 Å². The summed E-state index contributed by atoms with van der Waals surface area (Å²) in [5, 5.41) is 4.31. The molecule has 0 aromatic heterocycles. The molecule has 0 amide bonds. The van der Waals surface area contributed by atoms with Crippen LogP contribution in [0.25, 0.3) is 0 Å². The van der Waals surface area contributed by atoms with Crippen molar-refractivity contribution in [1.29, 1.82) is 0 Å². The molecule has 2 fully saturated rings. The van der Waals surface area contributed by atoms with Gasteiger partial charge in [-0.05, 0) is 45.5 Å². The number of guanidine groups is 1. The first kappa shape index (κ1) is 25.5. The third-order valence-corrected chi connectivity index (χ3v) is 6.33. The SMILES string of the molecule is CCNC(=NCC(C)N1CCN(C)CC1)N1CCN(c2cc(Cl)ccc2C)CC1.I. The average molecular weight is 549 g/mol. The number of likely N-dealkylation sites (N-methyl/N-ethyl adjacent to an activating group) is 1. The minimum atomic E-state index is 0. The summed E-state index contributed by atoms with van der Waals surface area (Å²) in [5.41, 5.74) is 2.53. The maximum absolute atomic E-state index is 6.23. The molecule has 2 aliphatic heterocycles. The molecule has 170 valence electrons. The maximum Gasteiger partial charge on any atom is 0.194 e. The summed E-state index contributed by atoms with van der Waals surface area (Å²) >= 11 is 6.23. The van der Waals surface area contributed by atoms with Crippen molar-refractivity contribution >= 4 is 47.2 Å². The quantitative estimate of drug-likeness (QED) is 0.348. The highest BCUT2D eigenvalue weighted by atomic mass is 127. The lowest BCUT2D eigenvalue weighted by Gasteiger charge is -2.39. The van der Waals surface area contributed by atoms with E-state index < -0.39 is 0 Å². The molecule has 1 aromatic carbocycles. The van der Waals surface area contributed by atoms with Gasteiger partial charge in [0.2, 0.25) is 0 Å². The monoisotopic (exact) mass is 548 g/mol. The van der Waals surface area contributed by atoms with Crippen LogP contribution in [-0.2, 0) is 0 Å². The molecular weight excluding hydrogens is 511 g/mol. The van der Waals surface area contributed by atoms with Crippen LogP contribution in [-0.4, -0.2) is 99.2 Å². The molecule has 2 saturated heterocycles. The van der Waals surface area contributed by atoms with Gasteiger partial charge in [-0.15, -0.1) is 24.0 Å². The summed E-state index contributed by atoms with van der Waals surface area (Å²) in [4.78, 5) is 14.8. The van der Waals surface area contributed by atoms with Crippen molar-refractivity contribution in [2.75, 3.05) is 77.4 Å². The molecule has 1 unspecified atom stereocenters. The molecule has 8 heteroatoms. The molecule has 2 heterocycles. The van der Waals surface area contributed by atoms with Crippen molar-refractivity contribution in [2.45, 2.75) is 26.8 Å². The van der Waals surface area contributed by atoms with E-state index in [1.807, 2.05) is 6.07 Å². The second-order valence-corrected chi connectivity index (χ2v) is 8.72. The number of piperazine rings is 2. The van der Waals surface area contributed by atoms with Crippen LogP contribution in [0.1, 0.15) is 19.4 Å². The van der Waals surface area contributed by atoms with Crippen LogP contribution in [0.5, 0.6) is 0 Å². The number of nitrogens with one attached hydrogen (secondary N) is 1. The lowest BCUT2D eigenvalue weighted by molar-refractivity contribution is 0.122. The summed E-state index contributed by atoms with van der Waals surface area (Å²) < 4.78 is 0. The topological polar surface area (TPSA) is 37.4 Å². The van der Waals surface area contributed by atoms with Gasteiger partial charge in [0.05, 0.1) is 6.54 Å². The zero-order valence-electron chi connectivity index (χ0n) is 18.9. The lowest BCUT2D eigenvalue weighted by Crippen LogP contribution is -2.53. The van der Waals surface area contributed by atoms with Crippen LogP contribution >= 0.6 is 35.6 Å². The van der Waals surface area contributed by atoms with Gasteiger partial charge in [0.1, 0.15) is 0 Å². The Bertz CT molecular complexity index is 684. The highest BCUT2D eigenvalue weighted by molar-refractivity contribution is 14.0. The van der Waals surface area contributed by atoms with Crippen LogP contribution in [0, 0.1) is 6.92 Å². The van der Waals surface area contributed by atoms with Gasteiger partial charge in [-0.2, -0.15) is 0 Å². The highest BCUT2D eigenvalue weighted by Gasteiger charge is 2.22. The predicted octanol–water partition coefficient (Wildman–Crippen LogP) is 2.99. The van der Waals surface area contributed by atoms with E-state index in [9.17, 15) is 0 Å². The third-order valence-electron chi connectivity index (χ3n) is 6.09. The van der Waals surface area contributed by atoms with E-state index in [0.29, 0.717) is 6.04 Å². The number of rotatable bonds is 5. The highest BCUT2D eigenvalue weighted by Crippen LogP contribution is 2.25. The molecule has 1 aromatic rings. The fourth-order valence-electron chi connectivity index (χ4n) is 4.10. The Morgan fingerprint density at radius 1 is 1.10 bits per heavy atom. The molecule has 0 bridgehead atoms. The van der Waals surface area contributed by atoms with Crippen LogP contribution in [0.2, 0.25) is 5.02 Å². The largest absolute Gasteiger partial charge is 0.368 e. The Kier molecular flexibility index (Phi) is 10.5. The number of benzene rings is 1. The van der Waals surface area contributed by atoms with Crippen LogP contribution in [0.3, 0.4) is 0 Å². The summed E-state index contributed by atoms with van der Waals surface area (Å²) in [7, 11) is 2.20. The van der Waals surface area contributed by atoms with E-state index in [1.165, 1.54) is 11.3 Å². The van der Waals surface area contributed by atoms with E-state index in [0.717, 1.165) is 76.4 Å². The van der Waals surface area contributed by atoms with Gasteiger partial charge in [0, 0.05) is 75.7 Å². The molecule has 1 atom stereocenters. The van der Waals surface area contributed by atoms with Crippen molar-refractivity contribution in [3.05, 3.63) is 28.8 Å². The Labute approximate surface area is 204 Å². The standard InChI is InChI=1S/C22H37ClN6.HI/c1-5-24-22(25-17-19(3)27-10-8-26(4)9-11-27)29-14-12-28(13-15-29)21-16-20(23)7-6-18(21)2;/h6-7,16,19H,5,8-15,17H2,1-4H3,(H,24,25);1H. The molecule has 6 nitrogen and oxygen atoms in total. The summed E-state index contributed by atoms with van der Waals surface area (Å²) in [6.07, 6.45) is 0. The smallest absolute Gasteiger partial charge is 0.194 e. The number of halogens is 2. The summed E-state index contributed by atoms with van der Waals surface area (Å²) in [6.45, 7) is 16.9. The first-order valence-electron chi connectivity index (χ1n) is 10.9. The number of aliphatic imine (C=N–C) groups is 1. The molecule has 1 N–H and O–H groups in total. The Balaban J connectivity index is 0.00000320. The van der Waals surface area contributed by atoms with E-state index in [2.05, 4.69) is 64.9 Å². The first-order valence-corrected chi connectivity index (χ1v) is 11.3. The van der Waals surface area contributed by atoms with Gasteiger partial charge in [0.25, 0.3) is 0 Å². The van der Waals surface area contributed by atoms with Gasteiger partial charge in [-0.25, -0.2) is 0 Å². The second-order valence-electron chi connectivity index (χ2n) is 8.29. The summed E-state index contributed by atoms with van der Waals surface area (Å²) in [5.74, 6) is 1.05. The first-order chi connectivity index (χ1) is 14.0. The van der Waals surface area contributed by atoms with Crippen LogP contribution < -0.4 is 10.2 Å². The molecule has 2 aliphatic rings. The molecule has 0 radical (unpaired) electrons. The number of hydrogen-bond acceptors (Lipinski definition) is 4. The molecular formula is C22H38ClIN6. The number of aryl methyl sites for hydroxylation is 1. The van der Waals surface area contributed by atoms with Crippen molar-refractivity contribution in [3.8, 4) is 0 Å². The van der Waals surface area contributed by atoms with E-state index in [4.69, 9.17) is 16.6 Å². The second kappa shape index (κ2) is 12.3. The minimum Gasteiger partial charge on any atom is -0.368 e. The van der Waals surface area contributed by atoms with Gasteiger partial charge in [-0.1, -0.05) is 17.7 Å². The number of anilines is 1. The van der Waals surface area contributed by atoms with Crippen molar-refractivity contribution in [2.24, 2.45) is 4.99 Å². The molecule has 0 aliphatic carbocycles. The Morgan fingerprint density at radius 2 is 1.77 bits per heavy atom. The van der Waals surface area contributed by atoms with Crippen molar-refractivity contribution < 1.29 is 0 Å². The van der Waals surface area contributed by atoms with E-state index in [1.54, 1.807) is 0 Å². The van der Waals surface area contributed by atoms with Gasteiger partial charge in [0.15, 0.2) is 5.96 Å². The number of hydrogen-bond donors (Lipinski definition) is 1. The third kappa shape index (κ3) is 6.87. The molecule has 0 saturated carbocycles. The minimum absolute atomic E-state index is 0. The van der Waals surface area contributed by atoms with Crippen LogP contribution in [0.4, 0.5) is 5.69 Å². The molecule has 30 heavy (non-hydrogen) atoms. The summed E-state index contributed by atoms with van der Waals surface area (Å²) in [6, 6.07) is 6.64. The van der Waals surface area contributed by atoms with E-state index in [-0.39, 0.29) is 24.0 Å². The maximum atomic E-state index is 6.23. The molecule has 0 spiro atoms. The number of nitrogens with zero attached hydrogens (tertiary/aromatic N) is 5. The molecule has 3 rings (SSSR count). The zero-order valence-corrected chi connectivity index (χ0v) is 22.0. The average Bonchev–Trinajstić information content (AvgIpc) is 2.73.